The van der Waals surface area contributed by atoms with Gasteiger partial charge in [-0.25, -0.2) is 8.78 Å². The maximum Gasteiger partial charge on any atom is 0.573 e. The van der Waals surface area contributed by atoms with Crippen LogP contribution in [0, 0.1) is 17.6 Å². The van der Waals surface area contributed by atoms with Gasteiger partial charge in [-0.15, -0.1) is 13.2 Å². The summed E-state index contributed by atoms with van der Waals surface area (Å²) in [6, 6.07) is 14.8. The van der Waals surface area contributed by atoms with Crippen LogP contribution in [0.2, 0.25) is 0 Å². The van der Waals surface area contributed by atoms with E-state index in [-0.39, 0.29) is 28.5 Å². The second kappa shape index (κ2) is 12.0. The summed E-state index contributed by atoms with van der Waals surface area (Å²) in [6.07, 6.45) is 3.17. The molecule has 1 fully saturated rings. The van der Waals surface area contributed by atoms with Crippen LogP contribution in [-0.4, -0.2) is 6.36 Å². The molecule has 0 spiro atoms. The number of ether oxygens (including phenoxy) is 2. The highest BCUT2D eigenvalue weighted by atomic mass is 19.4. The van der Waals surface area contributed by atoms with Gasteiger partial charge in [0.2, 0.25) is 0 Å². The zero-order valence-electron chi connectivity index (χ0n) is 20.8. The minimum absolute atomic E-state index is 0.0266. The molecule has 0 N–H and O–H groups in total. The molecule has 3 aromatic rings. The fraction of sp³-hybridized carbons (Fsp3) is 0.400. The largest absolute Gasteiger partial charge is 0.573 e. The Balaban J connectivity index is 1.63. The van der Waals surface area contributed by atoms with Crippen LogP contribution in [0.1, 0.15) is 69.8 Å². The molecule has 0 saturated heterocycles. The predicted octanol–water partition coefficient (Wildman–Crippen LogP) is 10.2. The van der Waals surface area contributed by atoms with Crippen molar-refractivity contribution >= 4 is 0 Å². The number of halogens is 5. The summed E-state index contributed by atoms with van der Waals surface area (Å²) in [5, 5.41) is 0. The third-order valence-electron chi connectivity index (χ3n) is 7.04. The zero-order valence-corrected chi connectivity index (χ0v) is 20.8. The Kier molecular flexibility index (Phi) is 8.72. The molecule has 1 aliphatic rings. The summed E-state index contributed by atoms with van der Waals surface area (Å²) in [5.74, 6) is -1.47. The molecule has 3 aromatic carbocycles. The Morgan fingerprint density at radius 3 is 2.11 bits per heavy atom. The number of rotatable bonds is 9. The molecular weight excluding hydrogens is 487 g/mol. The molecule has 198 valence electrons. The minimum atomic E-state index is -4.82. The van der Waals surface area contributed by atoms with E-state index in [1.807, 2.05) is 0 Å². The highest BCUT2D eigenvalue weighted by molar-refractivity contribution is 5.72. The summed E-state index contributed by atoms with van der Waals surface area (Å²) >= 11 is 0. The van der Waals surface area contributed by atoms with Crippen molar-refractivity contribution in [2.75, 3.05) is 0 Å². The molecule has 37 heavy (non-hydrogen) atoms. The van der Waals surface area contributed by atoms with Crippen LogP contribution in [0.15, 0.2) is 60.7 Å². The monoisotopic (exact) mass is 518 g/mol. The maximum absolute atomic E-state index is 16.1. The zero-order chi connectivity index (χ0) is 26.4. The molecule has 1 aliphatic carbocycles. The van der Waals surface area contributed by atoms with Gasteiger partial charge < -0.3 is 9.47 Å². The summed E-state index contributed by atoms with van der Waals surface area (Å²) in [4.78, 5) is 0. The van der Waals surface area contributed by atoms with Crippen LogP contribution >= 0.6 is 0 Å². The number of alkyl halides is 3. The van der Waals surface area contributed by atoms with Crippen LogP contribution in [0.4, 0.5) is 22.0 Å². The van der Waals surface area contributed by atoms with Crippen molar-refractivity contribution in [1.29, 1.82) is 0 Å². The standard InChI is InChI=1S/C30H31F5O2/c1-2-3-5-8-20-11-13-22(14-12-20)27-26(31)19-25(21-9-6-4-7-10-21)29(28(27)32)36-23-15-17-24(18-16-23)37-30(33,34)35/h4,6-7,9-10,15-20,22H,2-3,5,8,11-14H2,1H3. The molecule has 0 aliphatic heterocycles. The van der Waals surface area contributed by atoms with Gasteiger partial charge in [0.05, 0.1) is 0 Å². The molecular formula is C30H31F5O2. The van der Waals surface area contributed by atoms with E-state index in [0.29, 0.717) is 24.3 Å². The normalized spacial score (nSPS) is 18.0. The van der Waals surface area contributed by atoms with Crippen molar-refractivity contribution in [2.24, 2.45) is 5.92 Å². The Hall–Kier alpha value is -3.09. The first kappa shape index (κ1) is 27.0. The van der Waals surface area contributed by atoms with E-state index < -0.39 is 23.7 Å². The first-order valence-electron chi connectivity index (χ1n) is 12.9. The van der Waals surface area contributed by atoms with E-state index in [4.69, 9.17) is 4.74 Å². The quantitative estimate of drug-likeness (QED) is 0.207. The summed E-state index contributed by atoms with van der Waals surface area (Å²) in [6.45, 7) is 2.17. The number of unbranched alkanes of at least 4 members (excludes halogenated alkanes) is 2. The summed E-state index contributed by atoms with van der Waals surface area (Å²) < 4.78 is 78.8. The van der Waals surface area contributed by atoms with Gasteiger partial charge in [0.1, 0.15) is 17.3 Å². The van der Waals surface area contributed by atoms with Crippen LogP contribution in [0.5, 0.6) is 17.2 Å². The summed E-state index contributed by atoms with van der Waals surface area (Å²) in [7, 11) is 0. The molecule has 4 rings (SSSR count). The Morgan fingerprint density at radius 1 is 0.838 bits per heavy atom. The van der Waals surface area contributed by atoms with E-state index in [2.05, 4.69) is 11.7 Å². The van der Waals surface area contributed by atoms with Gasteiger partial charge in [0, 0.05) is 11.1 Å². The van der Waals surface area contributed by atoms with Gasteiger partial charge in [-0.05, 0) is 73.4 Å². The van der Waals surface area contributed by atoms with E-state index in [1.54, 1.807) is 30.3 Å². The van der Waals surface area contributed by atoms with Crippen molar-refractivity contribution in [3.05, 3.63) is 77.9 Å². The second-order valence-electron chi connectivity index (χ2n) is 9.66. The molecule has 0 atom stereocenters. The van der Waals surface area contributed by atoms with Crippen LogP contribution in [-0.2, 0) is 0 Å². The van der Waals surface area contributed by atoms with Crippen LogP contribution in [0.25, 0.3) is 11.1 Å². The van der Waals surface area contributed by atoms with Gasteiger partial charge in [-0.1, -0.05) is 62.9 Å². The van der Waals surface area contributed by atoms with Crippen molar-refractivity contribution in [3.8, 4) is 28.4 Å². The average Bonchev–Trinajstić information content (AvgIpc) is 2.87. The lowest BCUT2D eigenvalue weighted by Gasteiger charge is -2.30. The molecule has 0 bridgehead atoms. The molecule has 0 radical (unpaired) electrons. The Bertz CT molecular complexity index is 1150. The number of benzene rings is 3. The number of hydrogen-bond acceptors (Lipinski definition) is 2. The molecule has 0 heterocycles. The van der Waals surface area contributed by atoms with Crippen molar-refractivity contribution in [2.45, 2.75) is 70.6 Å². The van der Waals surface area contributed by atoms with Crippen LogP contribution < -0.4 is 9.47 Å². The first-order chi connectivity index (χ1) is 17.7. The van der Waals surface area contributed by atoms with E-state index in [9.17, 15) is 13.2 Å². The van der Waals surface area contributed by atoms with E-state index in [1.165, 1.54) is 37.5 Å². The SMILES string of the molecule is CCCCCC1CCC(c2c(F)cc(-c3ccccc3)c(Oc3ccc(OC(F)(F)F)cc3)c2F)CC1. The molecule has 0 amide bonds. The van der Waals surface area contributed by atoms with Gasteiger partial charge in [0.15, 0.2) is 11.6 Å². The first-order valence-corrected chi connectivity index (χ1v) is 12.9. The van der Waals surface area contributed by atoms with Gasteiger partial charge in [-0.2, -0.15) is 0 Å². The molecule has 0 aromatic heterocycles. The molecule has 7 heteroatoms. The molecule has 1 saturated carbocycles. The smallest absolute Gasteiger partial charge is 0.454 e. The van der Waals surface area contributed by atoms with Crippen molar-refractivity contribution in [3.63, 3.8) is 0 Å². The van der Waals surface area contributed by atoms with E-state index >= 15 is 8.78 Å². The Labute approximate surface area is 214 Å². The lowest BCUT2D eigenvalue weighted by molar-refractivity contribution is -0.274. The average molecular weight is 519 g/mol. The minimum Gasteiger partial charge on any atom is -0.454 e. The fourth-order valence-corrected chi connectivity index (χ4v) is 5.17. The third-order valence-corrected chi connectivity index (χ3v) is 7.04. The third kappa shape index (κ3) is 7.02. The van der Waals surface area contributed by atoms with Gasteiger partial charge in [-0.3, -0.25) is 0 Å². The van der Waals surface area contributed by atoms with Crippen molar-refractivity contribution < 1.29 is 31.4 Å². The van der Waals surface area contributed by atoms with Gasteiger partial charge in [0.25, 0.3) is 0 Å². The number of hydrogen-bond donors (Lipinski definition) is 0. The maximum atomic E-state index is 16.1. The van der Waals surface area contributed by atoms with E-state index in [0.717, 1.165) is 31.4 Å². The van der Waals surface area contributed by atoms with Gasteiger partial charge >= 0.3 is 6.36 Å². The lowest BCUT2D eigenvalue weighted by atomic mass is 9.76. The second-order valence-corrected chi connectivity index (χ2v) is 9.66. The summed E-state index contributed by atoms with van der Waals surface area (Å²) in [5.41, 5.74) is 0.834. The highest BCUT2D eigenvalue weighted by Crippen LogP contribution is 2.45. The lowest BCUT2D eigenvalue weighted by Crippen LogP contribution is -2.17. The van der Waals surface area contributed by atoms with Crippen molar-refractivity contribution in [1.82, 2.24) is 0 Å². The van der Waals surface area contributed by atoms with Crippen LogP contribution in [0.3, 0.4) is 0 Å². The fourth-order valence-electron chi connectivity index (χ4n) is 5.17. The Morgan fingerprint density at radius 2 is 1.49 bits per heavy atom. The predicted molar refractivity (Wildman–Crippen MR) is 134 cm³/mol. The highest BCUT2D eigenvalue weighted by Gasteiger charge is 2.32. The topological polar surface area (TPSA) is 18.5 Å². The molecule has 0 unspecified atom stereocenters. The molecule has 2 nitrogen and oxygen atoms in total.